The molecule has 0 N–H and O–H groups in total. The molecular formula is C22H22N6O3. The minimum atomic E-state index is -0.173. The van der Waals surface area contributed by atoms with Crippen molar-refractivity contribution in [2.45, 2.75) is 19.3 Å². The van der Waals surface area contributed by atoms with Crippen LogP contribution in [-0.4, -0.2) is 67.8 Å². The Hall–Kier alpha value is -3.59. The van der Waals surface area contributed by atoms with Crippen LogP contribution in [0.15, 0.2) is 54.7 Å². The molecule has 0 saturated carbocycles. The number of piperazine rings is 1. The largest absolute Gasteiger partial charge is 0.365 e. The van der Waals surface area contributed by atoms with Crippen LogP contribution in [0.5, 0.6) is 0 Å². The molecule has 1 unspecified atom stereocenters. The van der Waals surface area contributed by atoms with E-state index < -0.39 is 0 Å². The molecule has 9 nitrogen and oxygen atoms in total. The topological polar surface area (TPSA) is 93.5 Å². The second-order valence-corrected chi connectivity index (χ2v) is 7.58. The number of amides is 2. The van der Waals surface area contributed by atoms with Crippen molar-refractivity contribution >= 4 is 11.8 Å². The Morgan fingerprint density at radius 2 is 1.61 bits per heavy atom. The molecule has 158 valence electrons. The fourth-order valence-electron chi connectivity index (χ4n) is 3.96. The highest BCUT2D eigenvalue weighted by Gasteiger charge is 2.32. The summed E-state index contributed by atoms with van der Waals surface area (Å²) in [7, 11) is 0. The number of benzene rings is 1. The van der Waals surface area contributed by atoms with Crippen LogP contribution in [0, 0.1) is 0 Å². The SMILES string of the molecule is O=C(c1ccccn1)N1CCN(C(=O)c2nnn3c2COC(c2ccccc2)C3)CC1. The maximum Gasteiger partial charge on any atom is 0.276 e. The lowest BCUT2D eigenvalue weighted by Gasteiger charge is -2.34. The first-order chi connectivity index (χ1) is 15.2. The number of carbonyl (C=O) groups is 2. The molecule has 0 radical (unpaired) electrons. The number of aromatic nitrogens is 4. The zero-order valence-corrected chi connectivity index (χ0v) is 16.9. The van der Waals surface area contributed by atoms with E-state index in [1.165, 1.54) is 0 Å². The molecule has 2 aliphatic heterocycles. The van der Waals surface area contributed by atoms with Crippen LogP contribution >= 0.6 is 0 Å². The van der Waals surface area contributed by atoms with Gasteiger partial charge in [-0.3, -0.25) is 14.6 Å². The predicted molar refractivity (Wildman–Crippen MR) is 110 cm³/mol. The predicted octanol–water partition coefficient (Wildman–Crippen LogP) is 1.54. The van der Waals surface area contributed by atoms with E-state index in [1.54, 1.807) is 38.9 Å². The van der Waals surface area contributed by atoms with Crippen molar-refractivity contribution in [1.82, 2.24) is 29.8 Å². The lowest BCUT2D eigenvalue weighted by atomic mass is 10.1. The Balaban J connectivity index is 1.23. The van der Waals surface area contributed by atoms with Gasteiger partial charge >= 0.3 is 0 Å². The van der Waals surface area contributed by atoms with E-state index in [0.29, 0.717) is 49.8 Å². The van der Waals surface area contributed by atoms with Gasteiger partial charge in [0.2, 0.25) is 0 Å². The zero-order chi connectivity index (χ0) is 21.2. The molecule has 2 aromatic heterocycles. The molecule has 2 amide bonds. The normalized spacial score (nSPS) is 18.5. The Kier molecular flexibility index (Phi) is 5.17. The smallest absolute Gasteiger partial charge is 0.276 e. The van der Waals surface area contributed by atoms with E-state index in [-0.39, 0.29) is 24.5 Å². The molecule has 9 heteroatoms. The van der Waals surface area contributed by atoms with Crippen LogP contribution < -0.4 is 0 Å². The van der Waals surface area contributed by atoms with E-state index in [0.717, 1.165) is 5.56 Å². The molecule has 1 saturated heterocycles. The molecule has 1 atom stereocenters. The average molecular weight is 418 g/mol. The summed E-state index contributed by atoms with van der Waals surface area (Å²) >= 11 is 0. The molecule has 4 heterocycles. The van der Waals surface area contributed by atoms with Crippen molar-refractivity contribution in [3.05, 3.63) is 77.4 Å². The molecule has 3 aromatic rings. The lowest BCUT2D eigenvalue weighted by molar-refractivity contribution is -0.00202. The van der Waals surface area contributed by atoms with Crippen molar-refractivity contribution in [3.8, 4) is 0 Å². The molecule has 31 heavy (non-hydrogen) atoms. The maximum atomic E-state index is 13.1. The average Bonchev–Trinajstić information content (AvgIpc) is 3.27. The summed E-state index contributed by atoms with van der Waals surface area (Å²) in [6.45, 7) is 2.60. The summed E-state index contributed by atoms with van der Waals surface area (Å²) in [6.07, 6.45) is 1.49. The fourth-order valence-corrected chi connectivity index (χ4v) is 3.96. The highest BCUT2D eigenvalue weighted by molar-refractivity contribution is 5.94. The Bertz CT molecular complexity index is 1080. The van der Waals surface area contributed by atoms with Gasteiger partial charge in [-0.05, 0) is 17.7 Å². The van der Waals surface area contributed by atoms with Gasteiger partial charge in [0.1, 0.15) is 11.8 Å². The van der Waals surface area contributed by atoms with Gasteiger partial charge in [-0.2, -0.15) is 0 Å². The molecule has 2 aliphatic rings. The summed E-state index contributed by atoms with van der Waals surface area (Å²) in [5, 5.41) is 8.35. The van der Waals surface area contributed by atoms with Crippen LogP contribution in [0.1, 0.15) is 38.3 Å². The van der Waals surface area contributed by atoms with Crippen molar-refractivity contribution in [2.75, 3.05) is 26.2 Å². The maximum absolute atomic E-state index is 13.1. The highest BCUT2D eigenvalue weighted by Crippen LogP contribution is 2.27. The van der Waals surface area contributed by atoms with Gasteiger partial charge < -0.3 is 14.5 Å². The number of hydrogen-bond acceptors (Lipinski definition) is 6. The number of fused-ring (bicyclic) bond motifs is 1. The van der Waals surface area contributed by atoms with E-state index in [4.69, 9.17) is 4.74 Å². The molecule has 0 bridgehead atoms. The van der Waals surface area contributed by atoms with Crippen molar-refractivity contribution < 1.29 is 14.3 Å². The zero-order valence-electron chi connectivity index (χ0n) is 16.9. The Morgan fingerprint density at radius 3 is 2.32 bits per heavy atom. The molecule has 5 rings (SSSR count). The van der Waals surface area contributed by atoms with Gasteiger partial charge in [0.25, 0.3) is 11.8 Å². The minimum Gasteiger partial charge on any atom is -0.365 e. The highest BCUT2D eigenvalue weighted by atomic mass is 16.5. The third kappa shape index (κ3) is 3.79. The van der Waals surface area contributed by atoms with Crippen LogP contribution in [0.3, 0.4) is 0 Å². The van der Waals surface area contributed by atoms with Crippen LogP contribution in [0.4, 0.5) is 0 Å². The Labute approximate surface area is 179 Å². The van der Waals surface area contributed by atoms with Crippen molar-refractivity contribution in [1.29, 1.82) is 0 Å². The quantitative estimate of drug-likeness (QED) is 0.641. The third-order valence-corrected chi connectivity index (χ3v) is 5.71. The first-order valence-corrected chi connectivity index (χ1v) is 10.3. The number of rotatable bonds is 3. The standard InChI is InChI=1S/C22H22N6O3/c29-21(17-8-4-5-9-23-17)26-10-12-27(13-11-26)22(30)20-18-15-31-19(14-28(18)25-24-20)16-6-2-1-3-7-16/h1-9,19H,10-15H2. The van der Waals surface area contributed by atoms with Crippen LogP contribution in [-0.2, 0) is 17.9 Å². The first-order valence-electron chi connectivity index (χ1n) is 10.3. The molecule has 0 spiro atoms. The molecule has 0 aliphatic carbocycles. The van der Waals surface area contributed by atoms with Crippen molar-refractivity contribution in [2.24, 2.45) is 0 Å². The summed E-state index contributed by atoms with van der Waals surface area (Å²) in [5.41, 5.74) is 2.52. The summed E-state index contributed by atoms with van der Waals surface area (Å²) in [6, 6.07) is 15.2. The number of nitrogens with zero attached hydrogens (tertiary/aromatic N) is 6. The fraction of sp³-hybridized carbons (Fsp3) is 0.318. The van der Waals surface area contributed by atoms with Gasteiger partial charge in [-0.25, -0.2) is 4.68 Å². The third-order valence-electron chi connectivity index (χ3n) is 5.71. The van der Waals surface area contributed by atoms with Crippen LogP contribution in [0.2, 0.25) is 0 Å². The lowest BCUT2D eigenvalue weighted by Crippen LogP contribution is -2.51. The summed E-state index contributed by atoms with van der Waals surface area (Å²) < 4.78 is 7.75. The number of ether oxygens (including phenoxy) is 1. The summed E-state index contributed by atoms with van der Waals surface area (Å²) in [4.78, 5) is 33.2. The first kappa shape index (κ1) is 19.4. The second kappa shape index (κ2) is 8.27. The second-order valence-electron chi connectivity index (χ2n) is 7.58. The molecule has 1 aromatic carbocycles. The number of carbonyl (C=O) groups excluding carboxylic acids is 2. The minimum absolute atomic E-state index is 0.112. The molecular weight excluding hydrogens is 396 g/mol. The summed E-state index contributed by atoms with van der Waals surface area (Å²) in [5.74, 6) is -0.290. The monoisotopic (exact) mass is 418 g/mol. The van der Waals surface area contributed by atoms with E-state index in [9.17, 15) is 9.59 Å². The number of hydrogen-bond donors (Lipinski definition) is 0. The van der Waals surface area contributed by atoms with E-state index >= 15 is 0 Å². The molecule has 1 fully saturated rings. The number of pyridine rings is 1. The van der Waals surface area contributed by atoms with Crippen LogP contribution in [0.25, 0.3) is 0 Å². The van der Waals surface area contributed by atoms with E-state index in [2.05, 4.69) is 15.3 Å². The van der Waals surface area contributed by atoms with Crippen molar-refractivity contribution in [3.63, 3.8) is 0 Å². The van der Waals surface area contributed by atoms with Gasteiger partial charge in [-0.1, -0.05) is 41.6 Å². The van der Waals surface area contributed by atoms with Gasteiger partial charge in [0, 0.05) is 32.4 Å². The van der Waals surface area contributed by atoms with Gasteiger partial charge in [0.15, 0.2) is 5.69 Å². The van der Waals surface area contributed by atoms with Gasteiger partial charge in [0.05, 0.1) is 18.8 Å². The Morgan fingerprint density at radius 1 is 0.903 bits per heavy atom. The van der Waals surface area contributed by atoms with E-state index in [1.807, 2.05) is 30.3 Å². The van der Waals surface area contributed by atoms with Gasteiger partial charge in [-0.15, -0.1) is 5.10 Å².